The Labute approximate surface area is 236 Å². The summed E-state index contributed by atoms with van der Waals surface area (Å²) >= 11 is 0. The first-order chi connectivity index (χ1) is 19.9. The molecule has 1 saturated heterocycles. The van der Waals surface area contributed by atoms with Crippen LogP contribution in [-0.4, -0.2) is 66.4 Å². The van der Waals surface area contributed by atoms with Crippen molar-refractivity contribution in [3.63, 3.8) is 0 Å². The molecule has 0 bridgehead atoms. The molecule has 3 aromatic heterocycles. The Morgan fingerprint density at radius 2 is 1.93 bits per heavy atom. The minimum absolute atomic E-state index is 0.0229. The number of alkyl halides is 5. The van der Waals surface area contributed by atoms with Crippen LogP contribution in [0, 0.1) is 18.8 Å². The number of urea groups is 1. The molecule has 1 aliphatic heterocycles. The van der Waals surface area contributed by atoms with Crippen molar-refractivity contribution in [1.82, 2.24) is 40.4 Å². The molecule has 3 amide bonds. The smallest absolute Gasteiger partial charge is 0.342 e. The largest absolute Gasteiger partial charge is 0.391 e. The average Bonchev–Trinajstić information content (AvgIpc) is 3.33. The maximum Gasteiger partial charge on any atom is 0.391 e. The summed E-state index contributed by atoms with van der Waals surface area (Å²) in [7, 11) is 0. The zero-order valence-electron chi connectivity index (χ0n) is 22.6. The number of nitrogens with one attached hydrogen (secondary N) is 2. The van der Waals surface area contributed by atoms with Crippen molar-refractivity contribution in [1.29, 1.82) is 0 Å². The molecule has 0 aromatic carbocycles. The third kappa shape index (κ3) is 5.88. The minimum Gasteiger partial charge on any atom is -0.342 e. The van der Waals surface area contributed by atoms with E-state index in [1.165, 1.54) is 9.42 Å². The molecule has 3 aromatic rings. The van der Waals surface area contributed by atoms with E-state index in [9.17, 15) is 31.5 Å². The fraction of sp³-hybridized carbons (Fsp3) is 0.615. The van der Waals surface area contributed by atoms with Gasteiger partial charge in [0.2, 0.25) is 5.92 Å². The van der Waals surface area contributed by atoms with Gasteiger partial charge in [0.15, 0.2) is 11.3 Å². The average molecular weight is 597 g/mol. The van der Waals surface area contributed by atoms with Crippen LogP contribution in [0.5, 0.6) is 0 Å². The van der Waals surface area contributed by atoms with E-state index in [0.29, 0.717) is 16.9 Å². The lowest BCUT2D eigenvalue weighted by atomic mass is 9.81. The number of carbonyl (C=O) groups is 2. The number of halogens is 5. The maximum atomic E-state index is 14.0. The number of aryl methyl sites for hydroxylation is 1. The number of amides is 3. The van der Waals surface area contributed by atoms with Crippen molar-refractivity contribution in [3.8, 4) is 0 Å². The fourth-order valence-corrected chi connectivity index (χ4v) is 6.07. The van der Waals surface area contributed by atoms with Crippen LogP contribution < -0.4 is 10.6 Å². The molecule has 0 radical (unpaired) electrons. The topological polar surface area (TPSA) is 131 Å². The highest BCUT2D eigenvalue weighted by atomic mass is 19.4. The van der Waals surface area contributed by atoms with E-state index in [1.807, 2.05) is 0 Å². The van der Waals surface area contributed by atoms with E-state index >= 15 is 0 Å². The summed E-state index contributed by atoms with van der Waals surface area (Å²) in [5.41, 5.74) is 1.68. The lowest BCUT2D eigenvalue weighted by Crippen LogP contribution is -2.37. The van der Waals surface area contributed by atoms with Crippen LogP contribution in [0.2, 0.25) is 0 Å². The van der Waals surface area contributed by atoms with Gasteiger partial charge >= 0.3 is 12.2 Å². The molecule has 11 nitrogen and oxygen atoms in total. The highest BCUT2D eigenvalue weighted by molar-refractivity contribution is 5.93. The van der Waals surface area contributed by atoms with Gasteiger partial charge < -0.3 is 15.5 Å². The highest BCUT2D eigenvalue weighted by Gasteiger charge is 2.45. The predicted molar refractivity (Wildman–Crippen MR) is 134 cm³/mol. The fourth-order valence-electron chi connectivity index (χ4n) is 6.07. The van der Waals surface area contributed by atoms with Crippen LogP contribution in [0.1, 0.15) is 84.5 Å². The quantitative estimate of drug-likeness (QED) is 0.366. The summed E-state index contributed by atoms with van der Waals surface area (Å²) in [5, 5.41) is 17.0. The van der Waals surface area contributed by atoms with Gasteiger partial charge in [0.25, 0.3) is 5.91 Å². The molecule has 2 N–H and O–H groups in total. The second kappa shape index (κ2) is 10.5. The highest BCUT2D eigenvalue weighted by Crippen LogP contribution is 2.46. The van der Waals surface area contributed by atoms with E-state index in [0.717, 1.165) is 12.8 Å². The van der Waals surface area contributed by atoms with E-state index < -0.39 is 48.6 Å². The lowest BCUT2D eigenvalue weighted by Gasteiger charge is -2.33. The Balaban J connectivity index is 1.28. The molecular weight excluding hydrogens is 567 g/mol. The van der Waals surface area contributed by atoms with Crippen molar-refractivity contribution in [2.45, 2.75) is 82.1 Å². The van der Waals surface area contributed by atoms with Gasteiger partial charge in [-0.15, -0.1) is 0 Å². The summed E-state index contributed by atoms with van der Waals surface area (Å²) in [4.78, 5) is 31.9. The van der Waals surface area contributed by atoms with Crippen molar-refractivity contribution in [2.24, 2.45) is 11.8 Å². The van der Waals surface area contributed by atoms with Gasteiger partial charge in [-0.25, -0.2) is 27.7 Å². The van der Waals surface area contributed by atoms with Gasteiger partial charge in [-0.2, -0.15) is 18.3 Å². The molecule has 2 aliphatic carbocycles. The standard InChI is InChI=1S/C26H29F5N8O3/c1-13-20(37-42-36-13)23(40)35-21(14-4-6-25(27,28)7-5-14)18-12-39-19(34-18)8-16(10-32-39)22(15-2-3-15)38-11-17(33-24(38)41)9-26(29,30)31/h8,10,12,14-15,17,21-22H,2-7,9,11H2,1H3,(H,33,41)(H,35,40). The number of nitrogens with zero attached hydrogens (tertiary/aromatic N) is 6. The number of imidazole rings is 1. The number of rotatable bonds is 8. The number of aromatic nitrogens is 5. The molecule has 4 heterocycles. The van der Waals surface area contributed by atoms with Gasteiger partial charge in [-0.3, -0.25) is 4.79 Å². The van der Waals surface area contributed by atoms with Crippen molar-refractivity contribution >= 4 is 17.6 Å². The van der Waals surface area contributed by atoms with Gasteiger partial charge in [0, 0.05) is 19.4 Å². The first-order valence-corrected chi connectivity index (χ1v) is 13.8. The van der Waals surface area contributed by atoms with Crippen LogP contribution in [0.15, 0.2) is 23.1 Å². The molecule has 0 spiro atoms. The van der Waals surface area contributed by atoms with Gasteiger partial charge in [0.1, 0.15) is 5.69 Å². The molecule has 3 aliphatic rings. The zero-order valence-corrected chi connectivity index (χ0v) is 22.6. The van der Waals surface area contributed by atoms with E-state index in [-0.39, 0.29) is 55.5 Å². The predicted octanol–water partition coefficient (Wildman–Crippen LogP) is 4.51. The number of hydrogen-bond acceptors (Lipinski definition) is 7. The molecule has 6 rings (SSSR count). The van der Waals surface area contributed by atoms with Gasteiger partial charge in [-0.05, 0) is 61.2 Å². The van der Waals surface area contributed by atoms with Gasteiger partial charge in [-0.1, -0.05) is 5.16 Å². The maximum absolute atomic E-state index is 14.0. The third-order valence-electron chi connectivity index (χ3n) is 8.30. The Bertz CT molecular complexity index is 1480. The second-order valence-electron chi connectivity index (χ2n) is 11.5. The van der Waals surface area contributed by atoms with Crippen LogP contribution >= 0.6 is 0 Å². The molecule has 2 saturated carbocycles. The molecule has 16 heteroatoms. The summed E-state index contributed by atoms with van der Waals surface area (Å²) in [6.45, 7) is 1.47. The summed E-state index contributed by atoms with van der Waals surface area (Å²) in [6, 6.07) is -1.08. The molecule has 226 valence electrons. The second-order valence-corrected chi connectivity index (χ2v) is 11.5. The monoisotopic (exact) mass is 596 g/mol. The first kappa shape index (κ1) is 28.3. The van der Waals surface area contributed by atoms with Crippen LogP contribution in [0.4, 0.5) is 26.7 Å². The van der Waals surface area contributed by atoms with Gasteiger partial charge in [0.05, 0.1) is 42.6 Å². The molecule has 3 unspecified atom stereocenters. The van der Waals surface area contributed by atoms with Crippen molar-refractivity contribution in [2.75, 3.05) is 6.54 Å². The Kier molecular flexibility index (Phi) is 7.04. The van der Waals surface area contributed by atoms with E-state index in [4.69, 9.17) is 0 Å². The Hall–Kier alpha value is -3.85. The Morgan fingerprint density at radius 3 is 2.57 bits per heavy atom. The van der Waals surface area contributed by atoms with Crippen molar-refractivity contribution < 1.29 is 36.2 Å². The summed E-state index contributed by atoms with van der Waals surface area (Å²) in [6.07, 6.45) is -1.03. The summed E-state index contributed by atoms with van der Waals surface area (Å²) < 4.78 is 73.0. The van der Waals surface area contributed by atoms with Crippen LogP contribution in [0.25, 0.3) is 5.65 Å². The van der Waals surface area contributed by atoms with Crippen molar-refractivity contribution in [3.05, 3.63) is 41.1 Å². The molecular formula is C26H29F5N8O3. The van der Waals surface area contributed by atoms with Crippen LogP contribution in [0.3, 0.4) is 0 Å². The molecule has 42 heavy (non-hydrogen) atoms. The summed E-state index contributed by atoms with van der Waals surface area (Å²) in [5.74, 6) is -3.61. The third-order valence-corrected chi connectivity index (χ3v) is 8.30. The molecule has 3 fully saturated rings. The first-order valence-electron chi connectivity index (χ1n) is 13.8. The van der Waals surface area contributed by atoms with E-state index in [1.54, 1.807) is 25.4 Å². The lowest BCUT2D eigenvalue weighted by molar-refractivity contribution is -0.138. The van der Waals surface area contributed by atoms with Crippen LogP contribution in [-0.2, 0) is 0 Å². The normalized spacial score (nSPS) is 22.8. The SMILES string of the molecule is Cc1nonc1C(=O)NC(c1cn2ncc(C(C3CC3)N3CC(CC(F)(F)F)NC3=O)cc2n1)C1CCC(F)(F)CC1. The minimum atomic E-state index is -4.40. The number of carbonyl (C=O) groups excluding carboxylic acids is 2. The zero-order chi connectivity index (χ0) is 29.8. The Morgan fingerprint density at radius 1 is 1.19 bits per heavy atom. The number of fused-ring (bicyclic) bond motifs is 1. The number of hydrogen-bond donors (Lipinski definition) is 2. The van der Waals surface area contributed by atoms with E-state index in [2.05, 4.69) is 35.7 Å². The molecule has 3 atom stereocenters.